The fourth-order valence-electron chi connectivity index (χ4n) is 8.94. The molecule has 0 fully saturated rings. The van der Waals surface area contributed by atoms with Gasteiger partial charge in [-0.15, -0.1) is 0 Å². The molecule has 0 nitrogen and oxygen atoms in total. The molecule has 0 bridgehead atoms. The van der Waals surface area contributed by atoms with Gasteiger partial charge in [-0.25, -0.2) is 0 Å². The molecule has 0 heterocycles. The molecule has 308 valence electrons. The van der Waals surface area contributed by atoms with Crippen LogP contribution in [0.2, 0.25) is 121 Å². The van der Waals surface area contributed by atoms with Gasteiger partial charge in [0.25, 0.3) is 0 Å². The number of rotatable bonds is 10. The summed E-state index contributed by atoms with van der Waals surface area (Å²) in [6.07, 6.45) is 0. The Kier molecular flexibility index (Phi) is 17.0. The summed E-state index contributed by atoms with van der Waals surface area (Å²) in [5.41, 5.74) is 6.31. The molecule has 3 aromatic carbocycles. The smallest absolute Gasteiger partial charge is 1.00 e. The molecule has 4 rings (SSSR count). The topological polar surface area (TPSA) is 0 Å². The normalized spacial score (nSPS) is 15.7. The largest absolute Gasteiger partial charge is 1.00 e. The number of benzene rings is 3. The van der Waals surface area contributed by atoms with Crippen LogP contribution in [0.1, 0.15) is 27.7 Å². The van der Waals surface area contributed by atoms with Crippen LogP contribution in [-0.2, 0) is 20.4 Å². The molecular formula is C45H75Cl3Si7Ti. The molecular weight excluding hydrogens is 891 g/mol. The molecule has 11 heteroatoms. The van der Waals surface area contributed by atoms with E-state index in [1.807, 2.05) is 0 Å². The predicted octanol–water partition coefficient (Wildman–Crippen LogP) is -0.629. The Balaban J connectivity index is 0.00000523. The summed E-state index contributed by atoms with van der Waals surface area (Å²) >= 11 is 2.77. The van der Waals surface area contributed by atoms with Gasteiger partial charge in [0.2, 0.25) is 0 Å². The van der Waals surface area contributed by atoms with Crippen molar-refractivity contribution in [2.24, 2.45) is 0 Å². The maximum absolute atomic E-state index is 3.06. The van der Waals surface area contributed by atoms with E-state index in [0.29, 0.717) is 0 Å². The monoisotopic (exact) mass is 964 g/mol. The van der Waals surface area contributed by atoms with E-state index >= 15 is 0 Å². The van der Waals surface area contributed by atoms with Crippen LogP contribution in [0.5, 0.6) is 0 Å². The van der Waals surface area contributed by atoms with Gasteiger partial charge >= 0.3 is 349 Å². The van der Waals surface area contributed by atoms with E-state index in [9.17, 15) is 0 Å². The number of hydrogen-bond donors (Lipinski definition) is 0. The molecule has 0 aromatic heterocycles. The van der Waals surface area contributed by atoms with Crippen LogP contribution in [-0.4, -0.2) is 56.5 Å². The Morgan fingerprint density at radius 1 is 0.339 bits per heavy atom. The Bertz CT molecular complexity index is 1790. The standard InChI is InChI=1S/C45H75Si7.3ClH.Ti/c1-32-33(2)35(4)45(34(32)3)52(42-29-36(46(5,6)7)23-26-39(42)49(14,15)16,43-30-37(47(8,9)10)24-27-40(43)50(17,18)19)44-31-38(48(11,12)13)25-28-41(44)51(20,21)22;;;;/h23-31H,1-22H3;3*1H;/q;;;;+3/p-3. The zero-order chi connectivity index (χ0) is 40.9. The van der Waals surface area contributed by atoms with Gasteiger partial charge in [0.1, 0.15) is 0 Å². The SMILES string of the molecule is CC1=C(C)[C]([Ti+3])([Si](c2cc([Si](C)(C)C)ccc2[Si](C)(C)C)(c2cc([Si](C)(C)C)ccc2[Si](C)(C)C)c2cc([Si](C)(C)C)ccc2[Si](C)(C)C)C(C)=C1C.[Cl-].[Cl-].[Cl-]. The first-order valence-corrected chi connectivity index (χ1v) is 44.0. The molecule has 0 amide bonds. The summed E-state index contributed by atoms with van der Waals surface area (Å²) in [7, 11) is -13.7. The van der Waals surface area contributed by atoms with E-state index in [4.69, 9.17) is 0 Å². The Labute approximate surface area is 383 Å². The van der Waals surface area contributed by atoms with Gasteiger partial charge in [-0.05, 0) is 0 Å². The van der Waals surface area contributed by atoms with Gasteiger partial charge < -0.3 is 37.2 Å². The zero-order valence-electron chi connectivity index (χ0n) is 39.3. The van der Waals surface area contributed by atoms with Crippen molar-refractivity contribution in [1.82, 2.24) is 0 Å². The van der Waals surface area contributed by atoms with E-state index in [0.717, 1.165) is 0 Å². The Morgan fingerprint density at radius 3 is 0.732 bits per heavy atom. The number of hydrogen-bond acceptors (Lipinski definition) is 0. The second-order valence-corrected chi connectivity index (χ2v) is 58.9. The minimum absolute atomic E-state index is 0. The molecule has 56 heavy (non-hydrogen) atoms. The summed E-state index contributed by atoms with van der Waals surface area (Å²) < 4.78 is -0.132. The van der Waals surface area contributed by atoms with Crippen LogP contribution in [0.15, 0.2) is 76.9 Å². The zero-order valence-corrected chi connectivity index (χ0v) is 50.2. The number of halogens is 3. The Hall–Kier alpha value is 0.242. The van der Waals surface area contributed by atoms with Crippen LogP contribution in [0, 0.1) is 0 Å². The van der Waals surface area contributed by atoms with Crippen molar-refractivity contribution in [3.63, 3.8) is 0 Å². The van der Waals surface area contributed by atoms with E-state index < -0.39 is 56.5 Å². The molecule has 0 saturated heterocycles. The maximum Gasteiger partial charge on any atom is -1.00 e. The quantitative estimate of drug-likeness (QED) is 0.188. The third kappa shape index (κ3) is 9.65. The summed E-state index contributed by atoms with van der Waals surface area (Å²) in [6, 6.07) is 24.4. The van der Waals surface area contributed by atoms with Gasteiger partial charge in [0.15, 0.2) is 0 Å². The third-order valence-electron chi connectivity index (χ3n) is 12.7. The predicted molar refractivity (Wildman–Crippen MR) is 261 cm³/mol. The molecule has 0 spiro atoms. The molecule has 0 atom stereocenters. The first kappa shape index (κ1) is 54.3. The van der Waals surface area contributed by atoms with Crippen molar-refractivity contribution in [3.8, 4) is 0 Å². The summed E-state index contributed by atoms with van der Waals surface area (Å²) in [6.45, 7) is 56.9. The van der Waals surface area contributed by atoms with Crippen LogP contribution in [0.4, 0.5) is 0 Å². The molecule has 3 aromatic rings. The van der Waals surface area contributed by atoms with Gasteiger partial charge in [-0.3, -0.25) is 0 Å². The van der Waals surface area contributed by atoms with E-state index in [1.54, 1.807) is 57.8 Å². The van der Waals surface area contributed by atoms with Crippen LogP contribution >= 0.6 is 0 Å². The molecule has 0 radical (unpaired) electrons. The van der Waals surface area contributed by atoms with Crippen LogP contribution in [0.3, 0.4) is 0 Å². The van der Waals surface area contributed by atoms with E-state index in [1.165, 1.54) is 11.1 Å². The minimum atomic E-state index is -3.06. The fourth-order valence-corrected chi connectivity index (χ4v) is 30.9. The second kappa shape index (κ2) is 17.5. The van der Waals surface area contributed by atoms with Crippen molar-refractivity contribution in [3.05, 3.63) is 76.9 Å². The average molecular weight is 967 g/mol. The maximum atomic E-state index is 2.88. The van der Waals surface area contributed by atoms with Crippen molar-refractivity contribution >= 4 is 103 Å². The van der Waals surface area contributed by atoms with Crippen molar-refractivity contribution in [2.45, 2.75) is 149 Å². The van der Waals surface area contributed by atoms with E-state index in [-0.39, 0.29) is 40.6 Å². The van der Waals surface area contributed by atoms with Gasteiger partial charge in [0, 0.05) is 0 Å². The van der Waals surface area contributed by atoms with Gasteiger partial charge in [0.05, 0.1) is 0 Å². The summed E-state index contributed by atoms with van der Waals surface area (Å²) in [5, 5.41) is 15.3. The number of allylic oxidation sites excluding steroid dienone is 4. The Morgan fingerprint density at radius 2 is 0.554 bits per heavy atom. The third-order valence-corrected chi connectivity index (χ3v) is 34.2. The summed E-state index contributed by atoms with van der Waals surface area (Å²) in [5.74, 6) is 0. The molecule has 0 unspecified atom stereocenters. The minimum Gasteiger partial charge on any atom is -1.00 e. The fraction of sp³-hybridized carbons (Fsp3) is 0.511. The second-order valence-electron chi connectivity index (χ2n) is 22.8. The molecule has 0 N–H and O–H groups in total. The van der Waals surface area contributed by atoms with Crippen molar-refractivity contribution < 1.29 is 57.7 Å². The molecule has 1 aliphatic rings. The van der Waals surface area contributed by atoms with Crippen molar-refractivity contribution in [1.29, 1.82) is 0 Å². The van der Waals surface area contributed by atoms with Crippen LogP contribution in [0.25, 0.3) is 0 Å². The van der Waals surface area contributed by atoms with Crippen molar-refractivity contribution in [2.75, 3.05) is 0 Å². The first-order valence-electron chi connectivity index (χ1n) is 20.2. The van der Waals surface area contributed by atoms with Crippen LogP contribution < -0.4 is 83.9 Å². The van der Waals surface area contributed by atoms with E-state index in [2.05, 4.69) is 221 Å². The van der Waals surface area contributed by atoms with Gasteiger partial charge in [-0.1, -0.05) is 0 Å². The first-order chi connectivity index (χ1) is 23.6. The molecule has 0 aliphatic heterocycles. The molecule has 0 saturated carbocycles. The van der Waals surface area contributed by atoms with Gasteiger partial charge in [-0.2, -0.15) is 0 Å². The average Bonchev–Trinajstić information content (AvgIpc) is 3.14. The summed E-state index contributed by atoms with van der Waals surface area (Å²) in [4.78, 5) is 0. The molecule has 1 aliphatic carbocycles.